The third-order valence-electron chi connectivity index (χ3n) is 3.59. The number of benzene rings is 2. The van der Waals surface area contributed by atoms with E-state index in [2.05, 4.69) is 5.32 Å². The quantitative estimate of drug-likeness (QED) is 0.544. The first-order chi connectivity index (χ1) is 13.1. The van der Waals surface area contributed by atoms with E-state index in [-0.39, 0.29) is 22.2 Å². The highest BCUT2D eigenvalue weighted by atomic mass is 32.2. The minimum absolute atomic E-state index is 0.0410. The number of ether oxygens (including phenoxy) is 2. The van der Waals surface area contributed by atoms with Crippen LogP contribution in [-0.2, 0) is 9.53 Å². The number of anilines is 1. The van der Waals surface area contributed by atoms with Gasteiger partial charge in [0.25, 0.3) is 5.91 Å². The van der Waals surface area contributed by atoms with Gasteiger partial charge >= 0.3 is 11.5 Å². The van der Waals surface area contributed by atoms with Crippen LogP contribution in [0.15, 0.2) is 47.4 Å². The molecule has 0 aliphatic carbocycles. The van der Waals surface area contributed by atoms with Gasteiger partial charge in [0.2, 0.25) is 0 Å². The van der Waals surface area contributed by atoms with Gasteiger partial charge < -0.3 is 14.8 Å². The highest BCUT2D eigenvalue weighted by Gasteiger charge is 2.29. The zero-order valence-corrected chi connectivity index (χ0v) is 16.1. The second-order valence-corrected chi connectivity index (χ2v) is 6.95. The minimum atomic E-state index is -4.41. The predicted molar refractivity (Wildman–Crippen MR) is 99.6 cm³/mol. The van der Waals surface area contributed by atoms with Crippen LogP contribution in [0.3, 0.4) is 0 Å². The molecule has 150 valence electrons. The first-order valence-electron chi connectivity index (χ1n) is 8.11. The molecule has 0 aromatic heterocycles. The first-order valence-corrected chi connectivity index (χ1v) is 8.93. The van der Waals surface area contributed by atoms with Crippen molar-refractivity contribution in [3.63, 3.8) is 0 Å². The fraction of sp³-hybridized carbons (Fsp3) is 0.263. The number of hydrogen-bond acceptors (Lipinski definition) is 5. The first kappa shape index (κ1) is 21.6. The van der Waals surface area contributed by atoms with E-state index in [1.54, 1.807) is 12.1 Å². The SMILES string of the molecule is COc1ccc(C)cc1NC(=O)[C@@H](C)OC(=O)c1ccc(SC(F)(F)F)cc1. The van der Waals surface area contributed by atoms with Crippen LogP contribution < -0.4 is 10.1 Å². The molecule has 5 nitrogen and oxygen atoms in total. The third-order valence-corrected chi connectivity index (χ3v) is 4.33. The maximum Gasteiger partial charge on any atom is 0.446 e. The molecule has 2 aromatic carbocycles. The normalized spacial score (nSPS) is 12.2. The van der Waals surface area contributed by atoms with Gasteiger partial charge in [-0.15, -0.1) is 0 Å². The van der Waals surface area contributed by atoms with E-state index in [4.69, 9.17) is 9.47 Å². The Hall–Kier alpha value is -2.68. The van der Waals surface area contributed by atoms with E-state index in [0.717, 1.165) is 17.7 Å². The Bertz CT molecular complexity index is 853. The molecule has 9 heteroatoms. The number of carbonyl (C=O) groups is 2. The van der Waals surface area contributed by atoms with Crippen molar-refractivity contribution in [1.29, 1.82) is 0 Å². The molecule has 1 N–H and O–H groups in total. The summed E-state index contributed by atoms with van der Waals surface area (Å²) in [6, 6.07) is 9.98. The molecule has 0 saturated carbocycles. The number of nitrogens with one attached hydrogen (secondary N) is 1. The summed E-state index contributed by atoms with van der Waals surface area (Å²) in [4.78, 5) is 24.4. The molecule has 0 heterocycles. The Morgan fingerprint density at radius 1 is 1.11 bits per heavy atom. The van der Waals surface area contributed by atoms with Crippen LogP contribution in [0.4, 0.5) is 18.9 Å². The van der Waals surface area contributed by atoms with Crippen LogP contribution in [0.25, 0.3) is 0 Å². The Labute approximate surface area is 164 Å². The lowest BCUT2D eigenvalue weighted by Gasteiger charge is -2.16. The van der Waals surface area contributed by atoms with Gasteiger partial charge in [-0.25, -0.2) is 4.79 Å². The van der Waals surface area contributed by atoms with Crippen molar-refractivity contribution in [2.24, 2.45) is 0 Å². The Morgan fingerprint density at radius 2 is 1.75 bits per heavy atom. The largest absolute Gasteiger partial charge is 0.495 e. The number of alkyl halides is 3. The van der Waals surface area contributed by atoms with Crippen molar-refractivity contribution >= 4 is 29.3 Å². The van der Waals surface area contributed by atoms with E-state index < -0.39 is 23.5 Å². The lowest BCUT2D eigenvalue weighted by atomic mass is 10.2. The van der Waals surface area contributed by atoms with Gasteiger partial charge in [0.1, 0.15) is 5.75 Å². The van der Waals surface area contributed by atoms with E-state index >= 15 is 0 Å². The maximum atomic E-state index is 12.3. The van der Waals surface area contributed by atoms with E-state index in [1.165, 1.54) is 26.2 Å². The van der Waals surface area contributed by atoms with E-state index in [0.29, 0.717) is 11.4 Å². The summed E-state index contributed by atoms with van der Waals surface area (Å²) in [6.07, 6.45) is -1.12. The average molecular weight is 413 g/mol. The van der Waals surface area contributed by atoms with E-state index in [1.807, 2.05) is 13.0 Å². The lowest BCUT2D eigenvalue weighted by molar-refractivity contribution is -0.123. The number of carbonyl (C=O) groups excluding carboxylic acids is 2. The molecule has 0 unspecified atom stereocenters. The van der Waals surface area contributed by atoms with Gasteiger partial charge in [-0.05, 0) is 67.6 Å². The molecule has 28 heavy (non-hydrogen) atoms. The third kappa shape index (κ3) is 6.19. The van der Waals surface area contributed by atoms with Gasteiger partial charge in [0.15, 0.2) is 6.10 Å². The molecule has 0 spiro atoms. The zero-order valence-electron chi connectivity index (χ0n) is 15.3. The molecule has 0 saturated heterocycles. The number of methoxy groups -OCH3 is 1. The van der Waals surface area contributed by atoms with Crippen molar-refractivity contribution in [2.75, 3.05) is 12.4 Å². The number of halogens is 3. The zero-order chi connectivity index (χ0) is 20.9. The van der Waals surface area contributed by atoms with Crippen molar-refractivity contribution in [1.82, 2.24) is 0 Å². The van der Waals surface area contributed by atoms with Gasteiger partial charge in [-0.3, -0.25) is 4.79 Å². The van der Waals surface area contributed by atoms with Gasteiger partial charge in [0, 0.05) is 4.90 Å². The van der Waals surface area contributed by atoms with Gasteiger partial charge in [0.05, 0.1) is 18.4 Å². The molecule has 0 aliphatic rings. The molecule has 2 rings (SSSR count). The molecule has 1 atom stereocenters. The molecule has 2 aromatic rings. The van der Waals surface area contributed by atoms with Gasteiger partial charge in [-0.2, -0.15) is 13.2 Å². The van der Waals surface area contributed by atoms with Crippen LogP contribution >= 0.6 is 11.8 Å². The molecular weight excluding hydrogens is 395 g/mol. The minimum Gasteiger partial charge on any atom is -0.495 e. The van der Waals surface area contributed by atoms with Crippen molar-refractivity contribution in [3.8, 4) is 5.75 Å². The van der Waals surface area contributed by atoms with Crippen LogP contribution in [0.1, 0.15) is 22.8 Å². The van der Waals surface area contributed by atoms with E-state index in [9.17, 15) is 22.8 Å². The molecule has 0 bridgehead atoms. The fourth-order valence-corrected chi connectivity index (χ4v) is 2.77. The summed E-state index contributed by atoms with van der Waals surface area (Å²) in [5.41, 5.74) is -3.04. The summed E-state index contributed by atoms with van der Waals surface area (Å²) >= 11 is -0.282. The van der Waals surface area contributed by atoms with Crippen LogP contribution in [0.5, 0.6) is 5.75 Å². The number of esters is 1. The Morgan fingerprint density at radius 3 is 2.32 bits per heavy atom. The number of thioether (sulfide) groups is 1. The predicted octanol–water partition coefficient (Wildman–Crippen LogP) is 4.80. The molecule has 0 aliphatic heterocycles. The number of amides is 1. The second-order valence-electron chi connectivity index (χ2n) is 5.81. The Balaban J connectivity index is 2.00. The maximum absolute atomic E-state index is 12.3. The average Bonchev–Trinajstić information content (AvgIpc) is 2.61. The van der Waals surface area contributed by atoms with Crippen LogP contribution in [0.2, 0.25) is 0 Å². The summed E-state index contributed by atoms with van der Waals surface area (Å²) in [7, 11) is 1.46. The fourth-order valence-electron chi connectivity index (χ4n) is 2.23. The molecule has 0 fully saturated rings. The highest BCUT2D eigenvalue weighted by molar-refractivity contribution is 8.00. The van der Waals surface area contributed by atoms with Gasteiger partial charge in [-0.1, -0.05) is 6.07 Å². The summed E-state index contributed by atoms with van der Waals surface area (Å²) in [6.45, 7) is 3.24. The number of hydrogen-bond donors (Lipinski definition) is 1. The Kier molecular flexibility index (Phi) is 6.95. The molecular formula is C19H18F3NO4S. The topological polar surface area (TPSA) is 64.6 Å². The second kappa shape index (κ2) is 9.01. The number of aryl methyl sites for hydroxylation is 1. The summed E-state index contributed by atoms with van der Waals surface area (Å²) in [5.74, 6) is -0.931. The van der Waals surface area contributed by atoms with Crippen LogP contribution in [-0.4, -0.2) is 30.6 Å². The highest BCUT2D eigenvalue weighted by Crippen LogP contribution is 2.36. The van der Waals surface area contributed by atoms with Crippen molar-refractivity contribution in [2.45, 2.75) is 30.4 Å². The van der Waals surface area contributed by atoms with Crippen LogP contribution in [0, 0.1) is 6.92 Å². The number of rotatable bonds is 6. The standard InChI is InChI=1S/C19H18F3NO4S/c1-11-4-9-16(26-3)15(10-11)23-17(24)12(2)27-18(25)13-5-7-14(8-6-13)28-19(20,21)22/h4-10,12H,1-3H3,(H,23,24)/t12-/m1/s1. The monoisotopic (exact) mass is 413 g/mol. The molecule has 0 radical (unpaired) electrons. The lowest BCUT2D eigenvalue weighted by Crippen LogP contribution is -2.30. The smallest absolute Gasteiger partial charge is 0.446 e. The summed E-state index contributed by atoms with van der Waals surface area (Å²) < 4.78 is 47.3. The van der Waals surface area contributed by atoms with Crippen molar-refractivity contribution < 1.29 is 32.2 Å². The van der Waals surface area contributed by atoms with Crippen molar-refractivity contribution in [3.05, 3.63) is 53.6 Å². The molecule has 1 amide bonds. The summed E-state index contributed by atoms with van der Waals surface area (Å²) in [5, 5.41) is 2.62.